The van der Waals surface area contributed by atoms with E-state index in [1.54, 1.807) is 0 Å². The Morgan fingerprint density at radius 1 is 1.16 bits per heavy atom. The van der Waals surface area contributed by atoms with Crippen molar-refractivity contribution in [3.05, 3.63) is 41.6 Å². The van der Waals surface area contributed by atoms with Gasteiger partial charge in [-0.3, -0.25) is 4.90 Å². The fraction of sp³-hybridized carbons (Fsp3) is 0.579. The normalized spacial score (nSPS) is 24.8. The standard InChI is InChI=1S/C19H26N4O2/c1-15-10-17(25-16(15)2)11-22-8-9-24-14-19(12-22)4-7-23(13-19)18-20-5-3-6-21-18/h3,5-6,10H,4,7-9,11-14H2,1-2H3/t19-/m0/s1. The summed E-state index contributed by atoms with van der Waals surface area (Å²) in [6.07, 6.45) is 4.73. The third kappa shape index (κ3) is 3.55. The average molecular weight is 342 g/mol. The molecule has 0 amide bonds. The zero-order chi connectivity index (χ0) is 17.3. The van der Waals surface area contributed by atoms with E-state index in [0.29, 0.717) is 0 Å². The zero-order valence-corrected chi connectivity index (χ0v) is 15.1. The Kier molecular flexibility index (Phi) is 4.48. The molecule has 1 spiro atoms. The van der Waals surface area contributed by atoms with Crippen molar-refractivity contribution in [3.63, 3.8) is 0 Å². The highest BCUT2D eigenvalue weighted by atomic mass is 16.5. The van der Waals surface area contributed by atoms with Gasteiger partial charge in [-0.2, -0.15) is 0 Å². The van der Waals surface area contributed by atoms with Crippen LogP contribution in [0.1, 0.15) is 23.5 Å². The average Bonchev–Trinajstić information content (AvgIpc) is 3.09. The Labute approximate surface area is 148 Å². The van der Waals surface area contributed by atoms with E-state index < -0.39 is 0 Å². The minimum Gasteiger partial charge on any atom is -0.465 e. The van der Waals surface area contributed by atoms with Crippen molar-refractivity contribution in [3.8, 4) is 0 Å². The Morgan fingerprint density at radius 2 is 2.00 bits per heavy atom. The Bertz CT molecular complexity index is 698. The van der Waals surface area contributed by atoms with Crippen LogP contribution in [0, 0.1) is 19.3 Å². The molecule has 2 aromatic rings. The quantitative estimate of drug-likeness (QED) is 0.854. The maximum Gasteiger partial charge on any atom is 0.225 e. The van der Waals surface area contributed by atoms with Crippen molar-refractivity contribution in [2.45, 2.75) is 26.8 Å². The zero-order valence-electron chi connectivity index (χ0n) is 15.1. The molecule has 6 nitrogen and oxygen atoms in total. The fourth-order valence-corrected chi connectivity index (χ4v) is 3.97. The lowest BCUT2D eigenvalue weighted by Crippen LogP contribution is -2.40. The third-order valence-electron chi connectivity index (χ3n) is 5.39. The Hall–Kier alpha value is -1.92. The summed E-state index contributed by atoms with van der Waals surface area (Å²) in [5, 5.41) is 0. The minimum absolute atomic E-state index is 0.145. The molecule has 0 N–H and O–H groups in total. The second kappa shape index (κ2) is 6.77. The van der Waals surface area contributed by atoms with E-state index in [0.717, 1.165) is 69.8 Å². The molecule has 4 rings (SSSR count). The fourth-order valence-electron chi connectivity index (χ4n) is 3.97. The molecule has 2 aromatic heterocycles. The second-order valence-electron chi connectivity index (χ2n) is 7.44. The van der Waals surface area contributed by atoms with E-state index in [2.05, 4.69) is 32.8 Å². The van der Waals surface area contributed by atoms with Gasteiger partial charge in [0.25, 0.3) is 0 Å². The molecular weight excluding hydrogens is 316 g/mol. The molecule has 134 valence electrons. The number of hydrogen-bond acceptors (Lipinski definition) is 6. The molecule has 0 aliphatic carbocycles. The van der Waals surface area contributed by atoms with E-state index in [4.69, 9.17) is 9.15 Å². The van der Waals surface area contributed by atoms with Crippen molar-refractivity contribution < 1.29 is 9.15 Å². The highest BCUT2D eigenvalue weighted by molar-refractivity contribution is 5.32. The minimum atomic E-state index is 0.145. The topological polar surface area (TPSA) is 54.6 Å². The molecule has 2 saturated heterocycles. The van der Waals surface area contributed by atoms with Crippen molar-refractivity contribution in [1.82, 2.24) is 14.9 Å². The van der Waals surface area contributed by atoms with Crippen molar-refractivity contribution >= 4 is 5.95 Å². The highest BCUT2D eigenvalue weighted by Gasteiger charge is 2.42. The molecule has 0 unspecified atom stereocenters. The van der Waals surface area contributed by atoms with Gasteiger partial charge in [0, 0.05) is 44.0 Å². The van der Waals surface area contributed by atoms with Crippen LogP contribution in [0.15, 0.2) is 28.9 Å². The van der Waals surface area contributed by atoms with Gasteiger partial charge in [-0.1, -0.05) is 0 Å². The molecule has 1 atom stereocenters. The summed E-state index contributed by atoms with van der Waals surface area (Å²) >= 11 is 0. The van der Waals surface area contributed by atoms with E-state index in [1.807, 2.05) is 25.4 Å². The summed E-state index contributed by atoms with van der Waals surface area (Å²) in [6, 6.07) is 4.02. The summed E-state index contributed by atoms with van der Waals surface area (Å²) in [5.41, 5.74) is 1.37. The Morgan fingerprint density at radius 3 is 2.76 bits per heavy atom. The first kappa shape index (κ1) is 16.5. The van der Waals surface area contributed by atoms with Gasteiger partial charge in [0.1, 0.15) is 11.5 Å². The van der Waals surface area contributed by atoms with Crippen LogP contribution >= 0.6 is 0 Å². The summed E-state index contributed by atoms with van der Waals surface area (Å²) in [7, 11) is 0. The van der Waals surface area contributed by atoms with Crippen molar-refractivity contribution in [1.29, 1.82) is 0 Å². The molecule has 0 radical (unpaired) electrons. The first-order valence-electron chi connectivity index (χ1n) is 9.02. The number of anilines is 1. The SMILES string of the molecule is Cc1cc(CN2CCOC[C@@]3(CCN(c4ncccn4)C3)C2)oc1C. The van der Waals surface area contributed by atoms with Crippen LogP contribution in [0.25, 0.3) is 0 Å². The molecule has 4 heterocycles. The number of nitrogens with zero attached hydrogens (tertiary/aromatic N) is 4. The van der Waals surface area contributed by atoms with Crippen LogP contribution in [0.2, 0.25) is 0 Å². The monoisotopic (exact) mass is 342 g/mol. The third-order valence-corrected chi connectivity index (χ3v) is 5.39. The van der Waals surface area contributed by atoms with E-state index >= 15 is 0 Å². The predicted octanol–water partition coefficient (Wildman–Crippen LogP) is 2.42. The highest BCUT2D eigenvalue weighted by Crippen LogP contribution is 2.35. The molecule has 2 aliphatic rings. The number of rotatable bonds is 3. The van der Waals surface area contributed by atoms with Crippen LogP contribution in [0.4, 0.5) is 5.95 Å². The molecule has 0 aromatic carbocycles. The lowest BCUT2D eigenvalue weighted by molar-refractivity contribution is 0.0796. The number of aryl methyl sites for hydroxylation is 2. The van der Waals surface area contributed by atoms with Crippen molar-refractivity contribution in [2.24, 2.45) is 5.41 Å². The van der Waals surface area contributed by atoms with Crippen LogP contribution in [-0.4, -0.2) is 54.3 Å². The predicted molar refractivity (Wildman–Crippen MR) is 95.6 cm³/mol. The van der Waals surface area contributed by atoms with Gasteiger partial charge in [-0.05, 0) is 38.0 Å². The van der Waals surface area contributed by atoms with Gasteiger partial charge in [0.2, 0.25) is 5.95 Å². The van der Waals surface area contributed by atoms with Crippen LogP contribution in [-0.2, 0) is 11.3 Å². The van der Waals surface area contributed by atoms with Crippen LogP contribution in [0.3, 0.4) is 0 Å². The lowest BCUT2D eigenvalue weighted by Gasteiger charge is -2.31. The molecule has 25 heavy (non-hydrogen) atoms. The Balaban J connectivity index is 1.46. The maximum absolute atomic E-state index is 5.97. The van der Waals surface area contributed by atoms with Crippen LogP contribution < -0.4 is 4.90 Å². The second-order valence-corrected chi connectivity index (χ2v) is 7.44. The smallest absolute Gasteiger partial charge is 0.225 e. The molecule has 2 fully saturated rings. The molecule has 6 heteroatoms. The number of furan rings is 1. The lowest BCUT2D eigenvalue weighted by atomic mass is 9.87. The van der Waals surface area contributed by atoms with Gasteiger partial charge >= 0.3 is 0 Å². The van der Waals surface area contributed by atoms with E-state index in [-0.39, 0.29) is 5.41 Å². The number of aromatic nitrogens is 2. The van der Waals surface area contributed by atoms with E-state index in [1.165, 1.54) is 5.56 Å². The summed E-state index contributed by atoms with van der Waals surface area (Å²) in [6.45, 7) is 10.5. The largest absolute Gasteiger partial charge is 0.465 e. The number of hydrogen-bond donors (Lipinski definition) is 0. The molecular formula is C19H26N4O2. The summed E-state index contributed by atoms with van der Waals surface area (Å²) in [4.78, 5) is 13.6. The van der Waals surface area contributed by atoms with E-state index in [9.17, 15) is 0 Å². The first-order valence-corrected chi connectivity index (χ1v) is 9.02. The van der Waals surface area contributed by atoms with Gasteiger partial charge in [-0.25, -0.2) is 9.97 Å². The summed E-state index contributed by atoms with van der Waals surface area (Å²) in [5.74, 6) is 2.89. The van der Waals surface area contributed by atoms with Crippen molar-refractivity contribution in [2.75, 3.05) is 44.3 Å². The summed E-state index contributed by atoms with van der Waals surface area (Å²) < 4.78 is 11.9. The van der Waals surface area contributed by atoms with Gasteiger partial charge < -0.3 is 14.1 Å². The number of ether oxygens (including phenoxy) is 1. The van der Waals surface area contributed by atoms with Gasteiger partial charge in [0.05, 0.1) is 19.8 Å². The molecule has 0 bridgehead atoms. The van der Waals surface area contributed by atoms with Crippen LogP contribution in [0.5, 0.6) is 0 Å². The van der Waals surface area contributed by atoms with Gasteiger partial charge in [0.15, 0.2) is 0 Å². The van der Waals surface area contributed by atoms with Gasteiger partial charge in [-0.15, -0.1) is 0 Å². The molecule has 0 saturated carbocycles. The molecule has 2 aliphatic heterocycles. The first-order chi connectivity index (χ1) is 12.1. The maximum atomic E-state index is 5.97.